The maximum absolute atomic E-state index is 11.7. The maximum atomic E-state index is 11.7. The molecule has 3 heteroatoms. The van der Waals surface area contributed by atoms with Gasteiger partial charge in [-0.15, -0.1) is 0 Å². The van der Waals surface area contributed by atoms with Crippen molar-refractivity contribution in [2.75, 3.05) is 5.33 Å². The van der Waals surface area contributed by atoms with E-state index in [-0.39, 0.29) is 12.1 Å². The Labute approximate surface area is 152 Å². The molecular formula is C20H37BrO2. The summed E-state index contributed by atoms with van der Waals surface area (Å²) in [7, 11) is 0. The van der Waals surface area contributed by atoms with E-state index in [1.54, 1.807) is 6.08 Å². The summed E-state index contributed by atoms with van der Waals surface area (Å²) in [5, 5.41) is 1.10. The van der Waals surface area contributed by atoms with Gasteiger partial charge in [-0.1, -0.05) is 80.3 Å². The first-order valence-corrected chi connectivity index (χ1v) is 10.8. The molecule has 0 heterocycles. The molecule has 0 aromatic heterocycles. The van der Waals surface area contributed by atoms with E-state index >= 15 is 0 Å². The lowest BCUT2D eigenvalue weighted by atomic mass is 10.1. The molecule has 0 aliphatic heterocycles. The lowest BCUT2D eigenvalue weighted by Gasteiger charge is -2.11. The highest BCUT2D eigenvalue weighted by molar-refractivity contribution is 9.09. The van der Waals surface area contributed by atoms with Gasteiger partial charge >= 0.3 is 5.97 Å². The third-order valence-corrected chi connectivity index (χ3v) is 4.60. The lowest BCUT2D eigenvalue weighted by Crippen LogP contribution is -2.12. The van der Waals surface area contributed by atoms with Crippen LogP contribution >= 0.6 is 15.9 Å². The topological polar surface area (TPSA) is 26.3 Å². The summed E-state index contributed by atoms with van der Waals surface area (Å²) >= 11 is 3.45. The number of carbonyl (C=O) groups excluding carboxylic acids is 1. The average molecular weight is 389 g/mol. The standard InChI is InChI=1S/C20H37BrO2/c1-3-4-5-6-7-8-11-14-17-20(22)23-19(2)16-13-10-9-12-15-18-21/h14,17,19H,3-13,15-16,18H2,1-2H3/b17-14+. The summed E-state index contributed by atoms with van der Waals surface area (Å²) in [5.74, 6) is -0.178. The predicted molar refractivity (Wildman–Crippen MR) is 104 cm³/mol. The molecule has 0 fully saturated rings. The Morgan fingerprint density at radius 2 is 1.57 bits per heavy atom. The Hall–Kier alpha value is -0.310. The summed E-state index contributed by atoms with van der Waals surface area (Å²) in [6.45, 7) is 4.23. The maximum Gasteiger partial charge on any atom is 0.330 e. The first kappa shape index (κ1) is 22.7. The van der Waals surface area contributed by atoms with E-state index in [1.165, 1.54) is 64.2 Å². The summed E-state index contributed by atoms with van der Waals surface area (Å²) in [4.78, 5) is 11.7. The summed E-state index contributed by atoms with van der Waals surface area (Å²) in [6, 6.07) is 0. The van der Waals surface area contributed by atoms with Gasteiger partial charge in [-0.2, -0.15) is 0 Å². The van der Waals surface area contributed by atoms with Crippen LogP contribution in [-0.2, 0) is 9.53 Å². The normalized spacial score (nSPS) is 12.7. The van der Waals surface area contributed by atoms with Gasteiger partial charge in [0, 0.05) is 11.4 Å². The van der Waals surface area contributed by atoms with Crippen LogP contribution in [0.5, 0.6) is 0 Å². The molecule has 0 bridgehead atoms. The molecule has 0 aliphatic carbocycles. The Kier molecular flexibility index (Phi) is 17.8. The number of halogens is 1. The zero-order chi connectivity index (χ0) is 17.2. The molecule has 1 atom stereocenters. The molecule has 0 aromatic carbocycles. The third-order valence-electron chi connectivity index (χ3n) is 4.04. The monoisotopic (exact) mass is 388 g/mol. The molecule has 0 radical (unpaired) electrons. The minimum Gasteiger partial charge on any atom is -0.460 e. The highest BCUT2D eigenvalue weighted by atomic mass is 79.9. The van der Waals surface area contributed by atoms with Crippen LogP contribution in [0.3, 0.4) is 0 Å². The van der Waals surface area contributed by atoms with E-state index < -0.39 is 0 Å². The van der Waals surface area contributed by atoms with Gasteiger partial charge in [-0.3, -0.25) is 0 Å². The number of ether oxygens (including phenoxy) is 1. The first-order chi connectivity index (χ1) is 11.2. The Balaban J connectivity index is 3.47. The predicted octanol–water partition coefficient (Wildman–Crippen LogP) is 6.96. The van der Waals surface area contributed by atoms with Crippen LogP contribution < -0.4 is 0 Å². The average Bonchev–Trinajstić information content (AvgIpc) is 2.53. The van der Waals surface area contributed by atoms with Crippen molar-refractivity contribution < 1.29 is 9.53 Å². The van der Waals surface area contributed by atoms with Crippen molar-refractivity contribution in [1.82, 2.24) is 0 Å². The quantitative estimate of drug-likeness (QED) is 0.123. The van der Waals surface area contributed by atoms with Crippen LogP contribution in [-0.4, -0.2) is 17.4 Å². The molecule has 136 valence electrons. The molecule has 23 heavy (non-hydrogen) atoms. The van der Waals surface area contributed by atoms with Gasteiger partial charge in [0.2, 0.25) is 0 Å². The minimum atomic E-state index is -0.178. The summed E-state index contributed by atoms with van der Waals surface area (Å²) in [5.41, 5.74) is 0. The molecule has 1 unspecified atom stereocenters. The van der Waals surface area contributed by atoms with Crippen molar-refractivity contribution >= 4 is 21.9 Å². The van der Waals surface area contributed by atoms with Crippen molar-refractivity contribution in [3.63, 3.8) is 0 Å². The molecular weight excluding hydrogens is 352 g/mol. The number of rotatable bonds is 16. The van der Waals surface area contributed by atoms with Crippen LogP contribution in [0.25, 0.3) is 0 Å². The number of allylic oxidation sites excluding steroid dienone is 1. The molecule has 0 spiro atoms. The third kappa shape index (κ3) is 17.9. The smallest absolute Gasteiger partial charge is 0.330 e. The van der Waals surface area contributed by atoms with E-state index in [2.05, 4.69) is 22.9 Å². The largest absolute Gasteiger partial charge is 0.460 e. The summed E-state index contributed by atoms with van der Waals surface area (Å²) < 4.78 is 5.40. The van der Waals surface area contributed by atoms with Gasteiger partial charge in [0.25, 0.3) is 0 Å². The fraction of sp³-hybridized carbons (Fsp3) is 0.850. The molecule has 0 saturated carbocycles. The van der Waals surface area contributed by atoms with Gasteiger partial charge < -0.3 is 4.74 Å². The molecule has 0 amide bonds. The van der Waals surface area contributed by atoms with Gasteiger partial charge in [0.15, 0.2) is 0 Å². The number of alkyl halides is 1. The fourth-order valence-electron chi connectivity index (χ4n) is 2.58. The molecule has 0 aliphatic rings. The van der Waals surface area contributed by atoms with Gasteiger partial charge in [-0.25, -0.2) is 4.79 Å². The zero-order valence-electron chi connectivity index (χ0n) is 15.3. The van der Waals surface area contributed by atoms with E-state index in [4.69, 9.17) is 4.74 Å². The number of esters is 1. The minimum absolute atomic E-state index is 0.0392. The van der Waals surface area contributed by atoms with E-state index in [0.717, 1.165) is 24.6 Å². The van der Waals surface area contributed by atoms with Crippen LogP contribution in [0.2, 0.25) is 0 Å². The zero-order valence-corrected chi connectivity index (χ0v) is 16.9. The molecule has 0 N–H and O–H groups in total. The van der Waals surface area contributed by atoms with Crippen LogP contribution in [0.15, 0.2) is 12.2 Å². The van der Waals surface area contributed by atoms with Crippen molar-refractivity contribution in [3.8, 4) is 0 Å². The van der Waals surface area contributed by atoms with E-state index in [0.29, 0.717) is 0 Å². The van der Waals surface area contributed by atoms with Crippen molar-refractivity contribution in [1.29, 1.82) is 0 Å². The van der Waals surface area contributed by atoms with Gasteiger partial charge in [0.05, 0.1) is 6.10 Å². The Bertz CT molecular complexity index is 289. The molecule has 0 saturated heterocycles. The van der Waals surface area contributed by atoms with Crippen molar-refractivity contribution in [2.24, 2.45) is 0 Å². The first-order valence-electron chi connectivity index (χ1n) is 9.63. The molecule has 0 rings (SSSR count). The summed E-state index contributed by atoms with van der Waals surface area (Å²) in [6.07, 6.45) is 19.5. The molecule has 0 aromatic rings. The van der Waals surface area contributed by atoms with Crippen molar-refractivity contribution in [2.45, 2.75) is 103 Å². The highest BCUT2D eigenvalue weighted by Crippen LogP contribution is 2.11. The number of hydrogen-bond acceptors (Lipinski definition) is 2. The van der Waals surface area contributed by atoms with E-state index in [1.807, 2.05) is 13.0 Å². The highest BCUT2D eigenvalue weighted by Gasteiger charge is 2.06. The van der Waals surface area contributed by atoms with Crippen LogP contribution in [0, 0.1) is 0 Å². The number of hydrogen-bond donors (Lipinski definition) is 0. The van der Waals surface area contributed by atoms with E-state index in [9.17, 15) is 4.79 Å². The number of unbranched alkanes of at least 4 members (excludes halogenated alkanes) is 10. The SMILES string of the molecule is CCCCCCCC/C=C/C(=O)OC(C)CCCCCCCBr. The number of carbonyl (C=O) groups is 1. The van der Waals surface area contributed by atoms with Gasteiger partial charge in [-0.05, 0) is 39.0 Å². The van der Waals surface area contributed by atoms with Crippen LogP contribution in [0.4, 0.5) is 0 Å². The van der Waals surface area contributed by atoms with Crippen LogP contribution in [0.1, 0.15) is 97.3 Å². The fourth-order valence-corrected chi connectivity index (χ4v) is 2.97. The Morgan fingerprint density at radius 1 is 0.957 bits per heavy atom. The van der Waals surface area contributed by atoms with Gasteiger partial charge in [0.1, 0.15) is 0 Å². The molecule has 2 nitrogen and oxygen atoms in total. The second-order valence-corrected chi connectivity index (χ2v) is 7.24. The lowest BCUT2D eigenvalue weighted by molar-refractivity contribution is -0.142. The second-order valence-electron chi connectivity index (χ2n) is 6.45. The van der Waals surface area contributed by atoms with Crippen molar-refractivity contribution in [3.05, 3.63) is 12.2 Å². The Morgan fingerprint density at radius 3 is 2.26 bits per heavy atom. The second kappa shape index (κ2) is 18.0.